The molecule has 0 fully saturated rings. The van der Waals surface area contributed by atoms with Crippen molar-refractivity contribution in [3.8, 4) is 0 Å². The van der Waals surface area contributed by atoms with Gasteiger partial charge in [-0.3, -0.25) is 0 Å². The molecule has 0 saturated heterocycles. The highest BCUT2D eigenvalue weighted by Gasteiger charge is 1.89. The molecule has 0 saturated carbocycles. The van der Waals surface area contributed by atoms with Gasteiger partial charge in [-0.25, -0.2) is 0 Å². The Morgan fingerprint density at radius 1 is 0.938 bits per heavy atom. The van der Waals surface area contributed by atoms with Crippen LogP contribution in [0.25, 0.3) is 10.8 Å². The SMILES string of the molecule is CCC(C)C.Cc1ccc2ccccc2c1. The second-order valence-corrected chi connectivity index (χ2v) is 4.65. The molecule has 0 spiro atoms. The van der Waals surface area contributed by atoms with E-state index in [0.29, 0.717) is 0 Å². The lowest BCUT2D eigenvalue weighted by molar-refractivity contribution is 0.626. The van der Waals surface area contributed by atoms with Gasteiger partial charge in [0.25, 0.3) is 0 Å². The normalized spacial score (nSPS) is 10.1. The Hall–Kier alpha value is -1.30. The minimum absolute atomic E-state index is 0.884. The van der Waals surface area contributed by atoms with E-state index in [-0.39, 0.29) is 0 Å². The molecule has 86 valence electrons. The Balaban J connectivity index is 0.000000221. The molecular formula is C16H22. The lowest BCUT2D eigenvalue weighted by Gasteiger charge is -1.96. The zero-order valence-electron chi connectivity index (χ0n) is 10.8. The van der Waals surface area contributed by atoms with E-state index in [4.69, 9.17) is 0 Å². The lowest BCUT2D eigenvalue weighted by Crippen LogP contribution is -1.77. The van der Waals surface area contributed by atoms with E-state index < -0.39 is 0 Å². The molecule has 0 N–H and O–H groups in total. The summed E-state index contributed by atoms with van der Waals surface area (Å²) >= 11 is 0. The number of fused-ring (bicyclic) bond motifs is 1. The molecule has 0 heterocycles. The smallest absolute Gasteiger partial charge is 0.0181 e. The van der Waals surface area contributed by atoms with Crippen molar-refractivity contribution in [1.29, 1.82) is 0 Å². The minimum atomic E-state index is 0.884. The number of hydrogen-bond donors (Lipinski definition) is 0. The molecule has 0 heteroatoms. The van der Waals surface area contributed by atoms with E-state index in [1.807, 2.05) is 0 Å². The maximum atomic E-state index is 2.22. The van der Waals surface area contributed by atoms with Crippen LogP contribution in [0.4, 0.5) is 0 Å². The summed E-state index contributed by atoms with van der Waals surface area (Å²) in [6.07, 6.45) is 1.31. The van der Waals surface area contributed by atoms with Crippen LogP contribution >= 0.6 is 0 Å². The highest BCUT2D eigenvalue weighted by molar-refractivity contribution is 5.82. The molecule has 2 rings (SSSR count). The molecule has 16 heavy (non-hydrogen) atoms. The van der Waals surface area contributed by atoms with Crippen molar-refractivity contribution in [2.75, 3.05) is 0 Å². The lowest BCUT2D eigenvalue weighted by atomic mass is 10.1. The first kappa shape index (κ1) is 12.8. The van der Waals surface area contributed by atoms with Crippen molar-refractivity contribution in [1.82, 2.24) is 0 Å². The molecule has 0 aliphatic rings. The average molecular weight is 214 g/mol. The van der Waals surface area contributed by atoms with Gasteiger partial charge < -0.3 is 0 Å². The predicted molar refractivity (Wildman–Crippen MR) is 73.8 cm³/mol. The van der Waals surface area contributed by atoms with Crippen molar-refractivity contribution < 1.29 is 0 Å². The Labute approximate surface area is 99.3 Å². The summed E-state index contributed by atoms with van der Waals surface area (Å²) in [6.45, 7) is 8.76. The van der Waals surface area contributed by atoms with Crippen LogP contribution in [0.1, 0.15) is 32.8 Å². The van der Waals surface area contributed by atoms with Gasteiger partial charge in [0.05, 0.1) is 0 Å². The van der Waals surface area contributed by atoms with Gasteiger partial charge in [-0.05, 0) is 23.6 Å². The van der Waals surface area contributed by atoms with Crippen LogP contribution in [-0.2, 0) is 0 Å². The predicted octanol–water partition coefficient (Wildman–Crippen LogP) is 5.20. The van der Waals surface area contributed by atoms with E-state index in [9.17, 15) is 0 Å². The van der Waals surface area contributed by atoms with E-state index in [2.05, 4.69) is 70.2 Å². The monoisotopic (exact) mass is 214 g/mol. The van der Waals surface area contributed by atoms with Crippen LogP contribution in [0.5, 0.6) is 0 Å². The Kier molecular flexibility index (Phi) is 5.04. The van der Waals surface area contributed by atoms with Gasteiger partial charge in [-0.1, -0.05) is 75.2 Å². The van der Waals surface area contributed by atoms with E-state index in [0.717, 1.165) is 5.92 Å². The van der Waals surface area contributed by atoms with Crippen LogP contribution in [0.3, 0.4) is 0 Å². The van der Waals surface area contributed by atoms with Crippen LogP contribution in [-0.4, -0.2) is 0 Å². The fraction of sp³-hybridized carbons (Fsp3) is 0.375. The summed E-state index contributed by atoms with van der Waals surface area (Å²) in [7, 11) is 0. The zero-order chi connectivity index (χ0) is 12.0. The van der Waals surface area contributed by atoms with Crippen LogP contribution in [0.15, 0.2) is 42.5 Å². The average Bonchev–Trinajstić information content (AvgIpc) is 2.29. The number of aryl methyl sites for hydroxylation is 1. The number of hydrogen-bond acceptors (Lipinski definition) is 0. The van der Waals surface area contributed by atoms with Gasteiger partial charge in [-0.2, -0.15) is 0 Å². The quantitative estimate of drug-likeness (QED) is 0.612. The van der Waals surface area contributed by atoms with Crippen LogP contribution in [0.2, 0.25) is 0 Å². The summed E-state index contributed by atoms with van der Waals surface area (Å²) in [5.41, 5.74) is 1.32. The maximum Gasteiger partial charge on any atom is -0.0181 e. The summed E-state index contributed by atoms with van der Waals surface area (Å²) < 4.78 is 0. The third-order valence-corrected chi connectivity index (χ3v) is 2.72. The van der Waals surface area contributed by atoms with E-state index in [1.54, 1.807) is 0 Å². The second kappa shape index (κ2) is 6.32. The van der Waals surface area contributed by atoms with Gasteiger partial charge in [0.2, 0.25) is 0 Å². The summed E-state index contributed by atoms with van der Waals surface area (Å²) in [6, 6.07) is 14.9. The molecule has 0 unspecified atom stereocenters. The van der Waals surface area contributed by atoms with Crippen molar-refractivity contribution in [3.05, 3.63) is 48.0 Å². The van der Waals surface area contributed by atoms with Crippen LogP contribution < -0.4 is 0 Å². The molecule has 0 radical (unpaired) electrons. The van der Waals surface area contributed by atoms with Crippen molar-refractivity contribution >= 4 is 10.8 Å². The largest absolute Gasteiger partial charge is 0.0651 e. The molecule has 0 aliphatic carbocycles. The Bertz CT molecular complexity index is 427. The number of benzene rings is 2. The summed E-state index contributed by atoms with van der Waals surface area (Å²) in [5, 5.41) is 2.64. The van der Waals surface area contributed by atoms with Gasteiger partial charge in [0.15, 0.2) is 0 Å². The first-order valence-electron chi connectivity index (χ1n) is 6.09. The molecule has 0 bridgehead atoms. The molecule has 0 amide bonds. The minimum Gasteiger partial charge on any atom is -0.0651 e. The number of rotatable bonds is 1. The van der Waals surface area contributed by atoms with Crippen molar-refractivity contribution in [2.24, 2.45) is 5.92 Å². The Morgan fingerprint density at radius 2 is 1.50 bits per heavy atom. The van der Waals surface area contributed by atoms with Crippen LogP contribution in [0, 0.1) is 12.8 Å². The highest BCUT2D eigenvalue weighted by Crippen LogP contribution is 2.14. The van der Waals surface area contributed by atoms with Gasteiger partial charge >= 0.3 is 0 Å². The first-order valence-corrected chi connectivity index (χ1v) is 6.09. The summed E-state index contributed by atoms with van der Waals surface area (Å²) in [5.74, 6) is 0.884. The fourth-order valence-electron chi connectivity index (χ4n) is 1.31. The topological polar surface area (TPSA) is 0 Å². The van der Waals surface area contributed by atoms with Gasteiger partial charge in [0, 0.05) is 0 Å². The second-order valence-electron chi connectivity index (χ2n) is 4.65. The standard InChI is InChI=1S/C11H10.C5H12/c1-9-6-7-10-4-2-3-5-11(10)8-9;1-4-5(2)3/h2-8H,1H3;5H,4H2,1-3H3. The third kappa shape index (κ3) is 4.06. The first-order chi connectivity index (χ1) is 7.63. The van der Waals surface area contributed by atoms with Crippen molar-refractivity contribution in [2.45, 2.75) is 34.1 Å². The molecule has 2 aromatic carbocycles. The molecule has 0 aromatic heterocycles. The summed E-state index contributed by atoms with van der Waals surface area (Å²) in [4.78, 5) is 0. The molecular weight excluding hydrogens is 192 g/mol. The third-order valence-electron chi connectivity index (χ3n) is 2.72. The van der Waals surface area contributed by atoms with E-state index in [1.165, 1.54) is 22.8 Å². The molecule has 0 nitrogen and oxygen atoms in total. The zero-order valence-corrected chi connectivity index (χ0v) is 10.8. The van der Waals surface area contributed by atoms with E-state index >= 15 is 0 Å². The molecule has 2 aromatic rings. The highest BCUT2D eigenvalue weighted by atomic mass is 13.9. The van der Waals surface area contributed by atoms with Crippen molar-refractivity contribution in [3.63, 3.8) is 0 Å². The molecule has 0 aliphatic heterocycles. The molecule has 0 atom stereocenters. The van der Waals surface area contributed by atoms with Gasteiger partial charge in [-0.15, -0.1) is 0 Å². The van der Waals surface area contributed by atoms with Gasteiger partial charge in [0.1, 0.15) is 0 Å². The fourth-order valence-corrected chi connectivity index (χ4v) is 1.31. The Morgan fingerprint density at radius 3 is 2.06 bits per heavy atom. The maximum absolute atomic E-state index is 2.22.